The zero-order valence-corrected chi connectivity index (χ0v) is 14.1. The van der Waals surface area contributed by atoms with E-state index in [2.05, 4.69) is 48.7 Å². The summed E-state index contributed by atoms with van der Waals surface area (Å²) in [5, 5.41) is 2.39. The van der Waals surface area contributed by atoms with Crippen LogP contribution in [0, 0.1) is 6.92 Å². The Hall–Kier alpha value is -1.22. The van der Waals surface area contributed by atoms with Gasteiger partial charge in [0, 0.05) is 12.1 Å². The van der Waals surface area contributed by atoms with Gasteiger partial charge in [-0.3, -0.25) is 0 Å². The van der Waals surface area contributed by atoms with E-state index in [1.807, 2.05) is 6.92 Å². The summed E-state index contributed by atoms with van der Waals surface area (Å²) in [6.07, 6.45) is 3.76. The summed E-state index contributed by atoms with van der Waals surface area (Å²) in [4.78, 5) is 4.81. The van der Waals surface area contributed by atoms with E-state index in [1.165, 1.54) is 30.3 Å². The Morgan fingerprint density at radius 2 is 1.90 bits per heavy atom. The molecule has 1 fully saturated rings. The molecule has 1 saturated heterocycles. The van der Waals surface area contributed by atoms with Crippen molar-refractivity contribution in [1.29, 1.82) is 0 Å². The van der Waals surface area contributed by atoms with Crippen molar-refractivity contribution < 1.29 is 0 Å². The minimum atomic E-state index is -0.0990. The Morgan fingerprint density at radius 1 is 1.24 bits per heavy atom. The van der Waals surface area contributed by atoms with Crippen LogP contribution < -0.4 is 5.01 Å². The molecule has 1 aliphatic rings. The van der Waals surface area contributed by atoms with Gasteiger partial charge in [-0.25, -0.2) is 9.66 Å². The molecule has 0 amide bonds. The number of nitrogens with zero attached hydrogens (tertiary/aromatic N) is 3. The summed E-state index contributed by atoms with van der Waals surface area (Å²) >= 11 is 6.44. The first kappa shape index (κ1) is 14.7. The van der Waals surface area contributed by atoms with E-state index in [-0.39, 0.29) is 5.38 Å². The van der Waals surface area contributed by atoms with Gasteiger partial charge in [-0.1, -0.05) is 12.1 Å². The zero-order valence-electron chi connectivity index (χ0n) is 13.3. The summed E-state index contributed by atoms with van der Waals surface area (Å²) in [5.41, 5.74) is 3.51. The molecule has 2 heterocycles. The van der Waals surface area contributed by atoms with Crippen molar-refractivity contribution in [3.63, 3.8) is 0 Å². The fraction of sp³-hybridized carbons (Fsp3) is 0.588. The van der Waals surface area contributed by atoms with E-state index in [0.717, 1.165) is 11.3 Å². The van der Waals surface area contributed by atoms with Gasteiger partial charge in [0.05, 0.1) is 16.4 Å². The number of hydrogen-bond donors (Lipinski definition) is 0. The molecular weight excluding hydrogens is 282 g/mol. The molecule has 1 aliphatic heterocycles. The molecule has 0 N–H and O–H groups in total. The molecule has 0 saturated carbocycles. The van der Waals surface area contributed by atoms with Crippen LogP contribution in [0.4, 0.5) is 0 Å². The summed E-state index contributed by atoms with van der Waals surface area (Å²) < 4.78 is 2.30. The molecule has 0 spiro atoms. The molecule has 3 nitrogen and oxygen atoms in total. The van der Waals surface area contributed by atoms with Crippen LogP contribution in [-0.2, 0) is 0 Å². The molecule has 3 atom stereocenters. The van der Waals surface area contributed by atoms with Crippen molar-refractivity contribution in [2.75, 3.05) is 5.01 Å². The monoisotopic (exact) mass is 305 g/mol. The normalized spacial score (nSPS) is 24.5. The maximum Gasteiger partial charge on any atom is 0.146 e. The van der Waals surface area contributed by atoms with E-state index in [1.54, 1.807) is 0 Å². The maximum absolute atomic E-state index is 6.44. The highest BCUT2D eigenvalue weighted by Gasteiger charge is 2.29. The first-order chi connectivity index (χ1) is 10.0. The number of benzene rings is 1. The van der Waals surface area contributed by atoms with E-state index >= 15 is 0 Å². The lowest BCUT2D eigenvalue weighted by atomic mass is 9.99. The Bertz CT molecular complexity index is 637. The third-order valence-electron chi connectivity index (χ3n) is 4.61. The van der Waals surface area contributed by atoms with Gasteiger partial charge in [0.15, 0.2) is 0 Å². The van der Waals surface area contributed by atoms with Gasteiger partial charge in [-0.2, -0.15) is 0 Å². The molecule has 3 unspecified atom stereocenters. The van der Waals surface area contributed by atoms with Crippen LogP contribution >= 0.6 is 11.6 Å². The van der Waals surface area contributed by atoms with Gasteiger partial charge in [0.25, 0.3) is 0 Å². The molecule has 21 heavy (non-hydrogen) atoms. The minimum absolute atomic E-state index is 0.0990. The largest absolute Gasteiger partial charge is 0.305 e. The van der Waals surface area contributed by atoms with Gasteiger partial charge in [0.1, 0.15) is 5.82 Å². The number of rotatable bonds is 2. The lowest BCUT2D eigenvalue weighted by Crippen LogP contribution is -2.51. The lowest BCUT2D eigenvalue weighted by molar-refractivity contribution is 0.335. The number of para-hydroxylation sites is 1. The number of aromatic nitrogens is 2. The second-order valence-electron chi connectivity index (χ2n) is 6.35. The highest BCUT2D eigenvalue weighted by molar-refractivity contribution is 6.20. The van der Waals surface area contributed by atoms with Crippen molar-refractivity contribution in [3.05, 3.63) is 29.6 Å². The average Bonchev–Trinajstić information content (AvgIpc) is 2.80. The Morgan fingerprint density at radius 3 is 2.52 bits per heavy atom. The molecule has 0 radical (unpaired) electrons. The smallest absolute Gasteiger partial charge is 0.146 e. The van der Waals surface area contributed by atoms with Gasteiger partial charge in [0.2, 0.25) is 0 Å². The molecule has 1 aromatic heterocycles. The van der Waals surface area contributed by atoms with Crippen LogP contribution in [0.25, 0.3) is 11.0 Å². The summed E-state index contributed by atoms with van der Waals surface area (Å²) in [6.45, 7) is 8.78. The minimum Gasteiger partial charge on any atom is -0.305 e. The molecule has 4 heteroatoms. The number of alkyl halides is 1. The highest BCUT2D eigenvalue weighted by atomic mass is 35.5. The van der Waals surface area contributed by atoms with Crippen molar-refractivity contribution in [2.24, 2.45) is 0 Å². The molecule has 2 aromatic rings. The lowest BCUT2D eigenvalue weighted by Gasteiger charge is -2.42. The Balaban J connectivity index is 2.26. The van der Waals surface area contributed by atoms with Crippen LogP contribution in [0.5, 0.6) is 0 Å². The van der Waals surface area contributed by atoms with Crippen molar-refractivity contribution >= 4 is 22.6 Å². The topological polar surface area (TPSA) is 21.1 Å². The SMILES string of the molecule is Cc1cccc2nc(C(C)Cl)n(N3C(C)CCCC3C)c12. The molecule has 1 aromatic carbocycles. The predicted molar refractivity (Wildman–Crippen MR) is 89.7 cm³/mol. The van der Waals surface area contributed by atoms with Gasteiger partial charge in [-0.05, 0) is 58.6 Å². The number of imidazole rings is 1. The molecule has 0 aliphatic carbocycles. The fourth-order valence-electron chi connectivity index (χ4n) is 3.59. The van der Waals surface area contributed by atoms with Crippen LogP contribution in [-0.4, -0.2) is 21.7 Å². The number of fused-ring (bicyclic) bond motifs is 1. The summed E-state index contributed by atoms with van der Waals surface area (Å²) in [7, 11) is 0. The average molecular weight is 306 g/mol. The van der Waals surface area contributed by atoms with Gasteiger partial charge in [-0.15, -0.1) is 11.6 Å². The predicted octanol–water partition coefficient (Wildman–Crippen LogP) is 4.54. The van der Waals surface area contributed by atoms with E-state index in [4.69, 9.17) is 16.6 Å². The third-order valence-corrected chi connectivity index (χ3v) is 4.81. The van der Waals surface area contributed by atoms with Crippen LogP contribution in [0.3, 0.4) is 0 Å². The van der Waals surface area contributed by atoms with Crippen LogP contribution in [0.15, 0.2) is 18.2 Å². The first-order valence-corrected chi connectivity index (χ1v) is 8.35. The van der Waals surface area contributed by atoms with Gasteiger partial charge >= 0.3 is 0 Å². The number of aryl methyl sites for hydroxylation is 1. The van der Waals surface area contributed by atoms with Crippen LogP contribution in [0.2, 0.25) is 0 Å². The number of piperidine rings is 1. The van der Waals surface area contributed by atoms with Crippen LogP contribution in [0.1, 0.15) is 56.8 Å². The van der Waals surface area contributed by atoms with Crippen molar-refractivity contribution in [3.8, 4) is 0 Å². The third kappa shape index (κ3) is 2.42. The van der Waals surface area contributed by atoms with Crippen molar-refractivity contribution in [2.45, 2.75) is 64.4 Å². The maximum atomic E-state index is 6.44. The number of halogens is 1. The molecule has 0 bridgehead atoms. The highest BCUT2D eigenvalue weighted by Crippen LogP contribution is 2.31. The first-order valence-electron chi connectivity index (χ1n) is 7.91. The molecule has 3 rings (SSSR count). The number of hydrogen-bond acceptors (Lipinski definition) is 2. The summed E-state index contributed by atoms with van der Waals surface area (Å²) in [6, 6.07) is 7.34. The summed E-state index contributed by atoms with van der Waals surface area (Å²) in [5.74, 6) is 0.960. The fourth-order valence-corrected chi connectivity index (χ4v) is 3.73. The molecular formula is C17H24ClN3. The quantitative estimate of drug-likeness (QED) is 0.759. The zero-order chi connectivity index (χ0) is 15.1. The van der Waals surface area contributed by atoms with E-state index in [9.17, 15) is 0 Å². The van der Waals surface area contributed by atoms with Gasteiger partial charge < -0.3 is 5.01 Å². The van der Waals surface area contributed by atoms with E-state index in [0.29, 0.717) is 12.1 Å². The second kappa shape index (κ2) is 5.53. The Kier molecular flexibility index (Phi) is 3.87. The second-order valence-corrected chi connectivity index (χ2v) is 7.00. The Labute approximate surface area is 131 Å². The molecule has 114 valence electrons. The van der Waals surface area contributed by atoms with E-state index < -0.39 is 0 Å². The van der Waals surface area contributed by atoms with Crippen molar-refractivity contribution in [1.82, 2.24) is 9.66 Å². The standard InChI is InChI=1S/C17H24ClN3/c1-11-7-5-10-15-16(11)21(17(19-15)14(4)18)20-12(2)8-6-9-13(20)3/h5,7,10,12-14H,6,8-9H2,1-4H3.